The quantitative estimate of drug-likeness (QED) is 0.589. The van der Waals surface area contributed by atoms with E-state index in [0.29, 0.717) is 35.3 Å². The van der Waals surface area contributed by atoms with Crippen LogP contribution in [-0.4, -0.2) is 22.2 Å². The number of hydrogen-bond acceptors (Lipinski definition) is 5. The first-order valence-corrected chi connectivity index (χ1v) is 9.29. The normalized spacial score (nSPS) is 23.1. The summed E-state index contributed by atoms with van der Waals surface area (Å²) < 4.78 is 0. The zero-order chi connectivity index (χ0) is 19.4. The number of non-ortho nitro benzene ring substituents is 1. The Labute approximate surface area is 160 Å². The fraction of sp³-hybridized carbons (Fsp3) is 0.227. The maximum atomic E-state index is 13.3. The van der Waals surface area contributed by atoms with E-state index in [1.165, 1.54) is 12.1 Å². The number of nitrogens with zero attached hydrogens (tertiary/aromatic N) is 2. The van der Waals surface area contributed by atoms with E-state index in [2.05, 4.69) is 0 Å². The molecule has 28 heavy (non-hydrogen) atoms. The summed E-state index contributed by atoms with van der Waals surface area (Å²) >= 11 is 0. The molecule has 6 nitrogen and oxygen atoms in total. The molecule has 0 fully saturated rings. The lowest BCUT2D eigenvalue weighted by atomic mass is 9.71. The lowest BCUT2D eigenvalue weighted by Gasteiger charge is -2.33. The Balaban J connectivity index is 1.76. The smallest absolute Gasteiger partial charge is 0.269 e. The average Bonchev–Trinajstić information content (AvgIpc) is 2.99. The lowest BCUT2D eigenvalue weighted by molar-refractivity contribution is -0.384. The zero-order valence-electron chi connectivity index (χ0n) is 14.9. The van der Waals surface area contributed by atoms with Crippen LogP contribution in [0.2, 0.25) is 0 Å². The molecule has 0 bridgehead atoms. The van der Waals surface area contributed by atoms with Gasteiger partial charge in [-0.1, -0.05) is 36.4 Å². The molecule has 5 rings (SSSR count). The summed E-state index contributed by atoms with van der Waals surface area (Å²) in [6.07, 6.45) is 1.83. The minimum Gasteiger partial charge on any atom is -0.294 e. The third-order valence-electron chi connectivity index (χ3n) is 5.81. The molecule has 0 radical (unpaired) electrons. The molecular weight excluding hydrogens is 356 g/mol. The number of Topliss-reactive ketones (excluding diaryl/α,β-unsaturated/α-hetero) is 2. The highest BCUT2D eigenvalue weighted by atomic mass is 16.6. The topological polar surface area (TPSA) is 89.6 Å². The van der Waals surface area contributed by atoms with E-state index in [1.807, 2.05) is 18.2 Å². The maximum absolute atomic E-state index is 13.3. The van der Waals surface area contributed by atoms with Gasteiger partial charge in [0.2, 0.25) is 0 Å². The molecule has 1 heterocycles. The molecule has 6 heteroatoms. The maximum Gasteiger partial charge on any atom is 0.269 e. The van der Waals surface area contributed by atoms with E-state index in [1.54, 1.807) is 18.2 Å². The second kappa shape index (κ2) is 6.05. The number of carbonyl (C=O) groups is 2. The lowest BCUT2D eigenvalue weighted by Crippen LogP contribution is -2.33. The highest BCUT2D eigenvalue weighted by molar-refractivity contribution is 6.30. The molecule has 138 valence electrons. The summed E-state index contributed by atoms with van der Waals surface area (Å²) in [7, 11) is 0. The molecular formula is C22H16N2O4. The van der Waals surface area contributed by atoms with Crippen molar-refractivity contribution in [3.63, 3.8) is 0 Å². The molecule has 1 aliphatic heterocycles. The molecule has 2 aromatic rings. The first-order chi connectivity index (χ1) is 13.6. The van der Waals surface area contributed by atoms with Gasteiger partial charge in [0.15, 0.2) is 11.6 Å². The largest absolute Gasteiger partial charge is 0.294 e. The fourth-order valence-electron chi connectivity index (χ4n) is 4.64. The Kier molecular flexibility index (Phi) is 3.62. The minimum atomic E-state index is -0.611. The Morgan fingerprint density at radius 1 is 0.964 bits per heavy atom. The Hall–Kier alpha value is -3.41. The monoisotopic (exact) mass is 372 g/mol. The van der Waals surface area contributed by atoms with E-state index in [4.69, 9.17) is 4.99 Å². The Bertz CT molecular complexity index is 1130. The van der Waals surface area contributed by atoms with Crippen LogP contribution in [0.4, 0.5) is 5.69 Å². The first kappa shape index (κ1) is 16.7. The minimum absolute atomic E-state index is 0.00990. The van der Waals surface area contributed by atoms with Crippen molar-refractivity contribution in [3.8, 4) is 0 Å². The molecule has 2 aliphatic carbocycles. The second-order valence-electron chi connectivity index (χ2n) is 7.35. The van der Waals surface area contributed by atoms with E-state index < -0.39 is 16.8 Å². The van der Waals surface area contributed by atoms with Crippen LogP contribution in [0.5, 0.6) is 0 Å². The zero-order valence-corrected chi connectivity index (χ0v) is 14.9. The molecule has 0 aromatic heterocycles. The van der Waals surface area contributed by atoms with E-state index in [-0.39, 0.29) is 17.3 Å². The molecule has 0 spiro atoms. The van der Waals surface area contributed by atoms with Crippen LogP contribution in [0.15, 0.2) is 64.8 Å². The molecule has 0 N–H and O–H groups in total. The number of allylic oxidation sites excluding steroid dienone is 2. The van der Waals surface area contributed by atoms with Gasteiger partial charge in [0.05, 0.1) is 16.6 Å². The van der Waals surface area contributed by atoms with Gasteiger partial charge in [0, 0.05) is 46.9 Å². The van der Waals surface area contributed by atoms with E-state index >= 15 is 0 Å². The SMILES string of the molecule is O=C1CCCC2=C1[C@@H](c1cccc([N+](=O)[O-])c1)[C@H]1C(=O)c3ccccc3C1=N2. The van der Waals surface area contributed by atoms with Gasteiger partial charge in [-0.15, -0.1) is 0 Å². The van der Waals surface area contributed by atoms with E-state index in [9.17, 15) is 19.7 Å². The van der Waals surface area contributed by atoms with Crippen LogP contribution in [0.25, 0.3) is 0 Å². The molecule has 3 aliphatic rings. The average molecular weight is 372 g/mol. The van der Waals surface area contributed by atoms with Crippen LogP contribution in [0, 0.1) is 16.0 Å². The van der Waals surface area contributed by atoms with Crippen molar-refractivity contribution in [2.75, 3.05) is 0 Å². The fourth-order valence-corrected chi connectivity index (χ4v) is 4.64. The van der Waals surface area contributed by atoms with Crippen molar-refractivity contribution >= 4 is 23.0 Å². The summed E-state index contributed by atoms with van der Waals surface area (Å²) in [5.74, 6) is -1.23. The number of nitro benzene ring substituents is 1. The van der Waals surface area contributed by atoms with Gasteiger partial charge < -0.3 is 0 Å². The van der Waals surface area contributed by atoms with Gasteiger partial charge >= 0.3 is 0 Å². The summed E-state index contributed by atoms with van der Waals surface area (Å²) in [4.78, 5) is 41.7. The number of aliphatic imine (C=N–C) groups is 1. The van der Waals surface area contributed by atoms with Crippen molar-refractivity contribution in [2.45, 2.75) is 25.2 Å². The predicted octanol–water partition coefficient (Wildman–Crippen LogP) is 4.00. The Morgan fingerprint density at radius 3 is 2.54 bits per heavy atom. The number of rotatable bonds is 2. The van der Waals surface area contributed by atoms with Crippen molar-refractivity contribution in [2.24, 2.45) is 10.9 Å². The van der Waals surface area contributed by atoms with Gasteiger partial charge in [-0.3, -0.25) is 24.7 Å². The van der Waals surface area contributed by atoms with Crippen molar-refractivity contribution in [3.05, 3.63) is 86.6 Å². The van der Waals surface area contributed by atoms with Crippen LogP contribution >= 0.6 is 0 Å². The van der Waals surface area contributed by atoms with E-state index in [0.717, 1.165) is 17.7 Å². The standard InChI is InChI=1S/C22H16N2O4/c25-17-10-4-9-16-19(17)18(12-5-3-6-13(11-12)24(27)28)20-21(23-16)14-7-1-2-8-15(14)22(20)26/h1-3,5-8,11,18,20H,4,9-10H2/t18-,20-/m1/s1. The number of hydrogen-bond donors (Lipinski definition) is 0. The third-order valence-corrected chi connectivity index (χ3v) is 5.81. The first-order valence-electron chi connectivity index (χ1n) is 9.29. The van der Waals surface area contributed by atoms with Crippen molar-refractivity contribution in [1.82, 2.24) is 0 Å². The summed E-state index contributed by atoms with van der Waals surface area (Å²) in [5.41, 5.74) is 3.95. The number of fused-ring (bicyclic) bond motifs is 3. The summed E-state index contributed by atoms with van der Waals surface area (Å²) in [6.45, 7) is 0. The molecule has 0 amide bonds. The summed E-state index contributed by atoms with van der Waals surface area (Å²) in [5, 5.41) is 11.3. The number of carbonyl (C=O) groups excluding carboxylic acids is 2. The summed E-state index contributed by atoms with van der Waals surface area (Å²) in [6, 6.07) is 13.6. The van der Waals surface area contributed by atoms with Gasteiger partial charge in [0.25, 0.3) is 5.69 Å². The van der Waals surface area contributed by atoms with Crippen LogP contribution in [0.1, 0.15) is 46.7 Å². The number of nitro groups is 1. The highest BCUT2D eigenvalue weighted by Crippen LogP contribution is 2.48. The van der Waals surface area contributed by atoms with Gasteiger partial charge in [-0.2, -0.15) is 0 Å². The number of benzene rings is 2. The van der Waals surface area contributed by atoms with Gasteiger partial charge in [-0.05, 0) is 18.4 Å². The molecule has 0 saturated carbocycles. The Morgan fingerprint density at radius 2 is 1.75 bits per heavy atom. The van der Waals surface area contributed by atoms with Crippen LogP contribution < -0.4 is 0 Å². The van der Waals surface area contributed by atoms with Gasteiger partial charge in [-0.25, -0.2) is 0 Å². The van der Waals surface area contributed by atoms with Crippen LogP contribution in [-0.2, 0) is 4.79 Å². The van der Waals surface area contributed by atoms with Gasteiger partial charge in [0.1, 0.15) is 0 Å². The van der Waals surface area contributed by atoms with Crippen LogP contribution in [0.3, 0.4) is 0 Å². The molecule has 2 atom stereocenters. The third kappa shape index (κ3) is 2.30. The molecule has 2 aromatic carbocycles. The predicted molar refractivity (Wildman–Crippen MR) is 103 cm³/mol. The van der Waals surface area contributed by atoms with Crippen molar-refractivity contribution < 1.29 is 14.5 Å². The molecule has 0 saturated heterocycles. The number of ketones is 2. The van der Waals surface area contributed by atoms with Crippen molar-refractivity contribution in [1.29, 1.82) is 0 Å². The molecule has 0 unspecified atom stereocenters. The highest BCUT2D eigenvalue weighted by Gasteiger charge is 2.48. The second-order valence-corrected chi connectivity index (χ2v) is 7.35.